The molecule has 0 bridgehead atoms. The van der Waals surface area contributed by atoms with Gasteiger partial charge in [0.25, 0.3) is 5.91 Å². The van der Waals surface area contributed by atoms with Crippen LogP contribution >= 0.6 is 0 Å². The van der Waals surface area contributed by atoms with E-state index in [0.29, 0.717) is 18.8 Å². The summed E-state index contributed by atoms with van der Waals surface area (Å²) in [6, 6.07) is 6.30. The lowest BCUT2D eigenvalue weighted by Gasteiger charge is -2.10. The number of urea groups is 1. The van der Waals surface area contributed by atoms with Crippen molar-refractivity contribution in [2.75, 3.05) is 6.61 Å². The van der Waals surface area contributed by atoms with Gasteiger partial charge in [0.05, 0.1) is 24.7 Å². The largest absolute Gasteiger partial charge is 0.493 e. The molecule has 8 heteroatoms. The molecule has 108 valence electrons. The fourth-order valence-corrected chi connectivity index (χ4v) is 2.00. The number of carbonyl (C=O) groups is 2. The van der Waals surface area contributed by atoms with E-state index in [4.69, 9.17) is 4.74 Å². The second-order valence-corrected chi connectivity index (χ2v) is 4.47. The first-order valence-corrected chi connectivity index (χ1v) is 6.43. The maximum absolute atomic E-state index is 11.4. The monoisotopic (exact) mass is 287 g/mol. The zero-order chi connectivity index (χ0) is 14.7. The minimum absolute atomic E-state index is 0.314. The second kappa shape index (κ2) is 5.61. The number of carbonyl (C=O) groups excluding carboxylic acids is 2. The Kier molecular flexibility index (Phi) is 3.50. The Labute approximate surface area is 120 Å². The van der Waals surface area contributed by atoms with Gasteiger partial charge in [-0.3, -0.25) is 10.1 Å². The molecule has 21 heavy (non-hydrogen) atoms. The third kappa shape index (κ3) is 2.99. The zero-order valence-electron chi connectivity index (χ0n) is 11.0. The standard InChI is InChI=1S/C13H13N5O3/c19-12-11(16-13(20)17-12)4-7-21-10-3-1-2-9(8-10)18-14-5-6-15-18/h1-3,5-6,8,11H,4,7H2,(H2,16,17,19,20). The summed E-state index contributed by atoms with van der Waals surface area (Å²) in [5.41, 5.74) is 0.782. The predicted molar refractivity (Wildman–Crippen MR) is 71.9 cm³/mol. The molecule has 1 atom stereocenters. The number of nitrogens with zero attached hydrogens (tertiary/aromatic N) is 3. The maximum atomic E-state index is 11.4. The number of imide groups is 1. The molecule has 8 nitrogen and oxygen atoms in total. The van der Waals surface area contributed by atoms with Gasteiger partial charge in [-0.1, -0.05) is 6.07 Å². The summed E-state index contributed by atoms with van der Waals surface area (Å²) in [7, 11) is 0. The van der Waals surface area contributed by atoms with Gasteiger partial charge in [0, 0.05) is 12.5 Å². The minimum atomic E-state index is -0.534. The molecule has 1 fully saturated rings. The third-order valence-electron chi connectivity index (χ3n) is 3.00. The zero-order valence-corrected chi connectivity index (χ0v) is 11.0. The number of hydrogen-bond acceptors (Lipinski definition) is 5. The van der Waals surface area contributed by atoms with Crippen LogP contribution in [0.1, 0.15) is 6.42 Å². The van der Waals surface area contributed by atoms with Gasteiger partial charge in [-0.15, -0.1) is 0 Å². The average molecular weight is 287 g/mol. The highest BCUT2D eigenvalue weighted by molar-refractivity contribution is 6.04. The number of ether oxygens (including phenoxy) is 1. The van der Waals surface area contributed by atoms with E-state index in [0.717, 1.165) is 5.69 Å². The highest BCUT2D eigenvalue weighted by atomic mass is 16.5. The smallest absolute Gasteiger partial charge is 0.322 e. The topological polar surface area (TPSA) is 98.1 Å². The lowest BCUT2D eigenvalue weighted by Crippen LogP contribution is -2.30. The molecule has 1 aromatic heterocycles. The molecule has 0 spiro atoms. The lowest BCUT2D eigenvalue weighted by atomic mass is 10.2. The molecule has 1 saturated heterocycles. The van der Waals surface area contributed by atoms with E-state index < -0.39 is 12.1 Å². The van der Waals surface area contributed by atoms with Crippen molar-refractivity contribution in [1.29, 1.82) is 0 Å². The van der Waals surface area contributed by atoms with Gasteiger partial charge < -0.3 is 10.1 Å². The first-order valence-electron chi connectivity index (χ1n) is 6.43. The molecule has 1 aromatic carbocycles. The Bertz CT molecular complexity index is 656. The molecule has 1 unspecified atom stereocenters. The van der Waals surface area contributed by atoms with Crippen LogP contribution in [-0.2, 0) is 4.79 Å². The summed E-state index contributed by atoms with van der Waals surface area (Å²) in [5.74, 6) is 0.327. The normalized spacial score (nSPS) is 17.4. The van der Waals surface area contributed by atoms with Crippen molar-refractivity contribution < 1.29 is 14.3 Å². The van der Waals surface area contributed by atoms with E-state index in [1.165, 1.54) is 4.80 Å². The van der Waals surface area contributed by atoms with Gasteiger partial charge >= 0.3 is 6.03 Å². The Morgan fingerprint density at radius 1 is 1.24 bits per heavy atom. The van der Waals surface area contributed by atoms with Crippen molar-refractivity contribution in [3.05, 3.63) is 36.7 Å². The van der Waals surface area contributed by atoms with Crippen molar-refractivity contribution >= 4 is 11.9 Å². The Hall–Kier alpha value is -2.90. The van der Waals surface area contributed by atoms with E-state index in [1.807, 2.05) is 12.1 Å². The fourth-order valence-electron chi connectivity index (χ4n) is 2.00. The molecule has 3 amide bonds. The summed E-state index contributed by atoms with van der Waals surface area (Å²) < 4.78 is 5.59. The number of nitrogens with one attached hydrogen (secondary N) is 2. The van der Waals surface area contributed by atoms with Gasteiger partial charge in [-0.25, -0.2) is 4.79 Å². The molecule has 0 aliphatic carbocycles. The molecule has 1 aliphatic heterocycles. The van der Waals surface area contributed by atoms with Crippen LogP contribution in [0, 0.1) is 0 Å². The SMILES string of the molecule is O=C1NC(=O)C(CCOc2cccc(-n3nccn3)c2)N1. The third-order valence-corrected chi connectivity index (χ3v) is 3.00. The molecule has 0 radical (unpaired) electrons. The Balaban J connectivity index is 1.57. The molecule has 2 aromatic rings. The van der Waals surface area contributed by atoms with E-state index in [1.54, 1.807) is 24.5 Å². The minimum Gasteiger partial charge on any atom is -0.493 e. The van der Waals surface area contributed by atoms with Crippen LogP contribution in [0.25, 0.3) is 5.69 Å². The Morgan fingerprint density at radius 2 is 2.05 bits per heavy atom. The van der Waals surface area contributed by atoms with Crippen molar-refractivity contribution in [3.8, 4) is 11.4 Å². The molecular weight excluding hydrogens is 274 g/mol. The number of amides is 3. The lowest BCUT2D eigenvalue weighted by molar-refractivity contribution is -0.120. The number of hydrogen-bond donors (Lipinski definition) is 2. The van der Waals surface area contributed by atoms with Crippen LogP contribution in [0.2, 0.25) is 0 Å². The number of rotatable bonds is 5. The molecular formula is C13H13N5O3. The van der Waals surface area contributed by atoms with Gasteiger partial charge in [0.1, 0.15) is 11.8 Å². The van der Waals surface area contributed by atoms with Crippen molar-refractivity contribution in [2.45, 2.75) is 12.5 Å². The van der Waals surface area contributed by atoms with Crippen LogP contribution in [0.5, 0.6) is 5.75 Å². The predicted octanol–water partition coefficient (Wildman–Crippen LogP) is 0.244. The van der Waals surface area contributed by atoms with Gasteiger partial charge in [-0.05, 0) is 12.1 Å². The van der Waals surface area contributed by atoms with Crippen LogP contribution < -0.4 is 15.4 Å². The molecule has 2 N–H and O–H groups in total. The van der Waals surface area contributed by atoms with E-state index in [-0.39, 0.29) is 5.91 Å². The van der Waals surface area contributed by atoms with Crippen molar-refractivity contribution in [1.82, 2.24) is 25.6 Å². The van der Waals surface area contributed by atoms with Gasteiger partial charge in [0.15, 0.2) is 0 Å². The molecule has 1 aliphatic rings. The van der Waals surface area contributed by atoms with Crippen molar-refractivity contribution in [3.63, 3.8) is 0 Å². The first-order chi connectivity index (χ1) is 10.2. The summed E-state index contributed by atoms with van der Waals surface area (Å²) >= 11 is 0. The molecule has 2 heterocycles. The van der Waals surface area contributed by atoms with Crippen LogP contribution in [0.3, 0.4) is 0 Å². The summed E-state index contributed by atoms with van der Waals surface area (Å²) in [6.07, 6.45) is 3.59. The van der Waals surface area contributed by atoms with E-state index in [2.05, 4.69) is 20.8 Å². The first kappa shape index (κ1) is 13.1. The molecule has 0 saturated carbocycles. The fraction of sp³-hybridized carbons (Fsp3) is 0.231. The highest BCUT2D eigenvalue weighted by Crippen LogP contribution is 2.16. The van der Waals surface area contributed by atoms with Gasteiger partial charge in [0.2, 0.25) is 0 Å². The van der Waals surface area contributed by atoms with Crippen LogP contribution in [0.4, 0.5) is 4.79 Å². The highest BCUT2D eigenvalue weighted by Gasteiger charge is 2.28. The number of benzene rings is 1. The van der Waals surface area contributed by atoms with Crippen LogP contribution in [-0.4, -0.2) is 39.6 Å². The Morgan fingerprint density at radius 3 is 2.76 bits per heavy atom. The maximum Gasteiger partial charge on any atom is 0.322 e. The van der Waals surface area contributed by atoms with Gasteiger partial charge in [-0.2, -0.15) is 15.0 Å². The molecule has 3 rings (SSSR count). The number of aromatic nitrogens is 3. The summed E-state index contributed by atoms with van der Waals surface area (Å²) in [5, 5.41) is 12.8. The van der Waals surface area contributed by atoms with Crippen LogP contribution in [0.15, 0.2) is 36.7 Å². The average Bonchev–Trinajstić information content (AvgIpc) is 3.10. The summed E-state index contributed by atoms with van der Waals surface area (Å²) in [6.45, 7) is 0.314. The van der Waals surface area contributed by atoms with Crippen molar-refractivity contribution in [2.24, 2.45) is 0 Å². The summed E-state index contributed by atoms with van der Waals surface area (Å²) in [4.78, 5) is 23.8. The second-order valence-electron chi connectivity index (χ2n) is 4.47. The van der Waals surface area contributed by atoms with E-state index >= 15 is 0 Å². The van der Waals surface area contributed by atoms with E-state index in [9.17, 15) is 9.59 Å². The quantitative estimate of drug-likeness (QED) is 0.768.